The second kappa shape index (κ2) is 5.21. The Kier molecular flexibility index (Phi) is 3.38. The summed E-state index contributed by atoms with van der Waals surface area (Å²) in [5, 5.41) is 16.6. The molecule has 5 heteroatoms. The molecular formula is C16H18N4O. The predicted molar refractivity (Wildman–Crippen MR) is 78.6 cm³/mol. The molecule has 0 aliphatic heterocycles. The minimum atomic E-state index is -0.730. The van der Waals surface area contributed by atoms with Gasteiger partial charge in [-0.1, -0.05) is 13.0 Å². The van der Waals surface area contributed by atoms with Crippen molar-refractivity contribution in [2.45, 2.75) is 38.1 Å². The average Bonchev–Trinajstić information content (AvgIpc) is 2.94. The maximum Gasteiger partial charge on any atom is 0.256 e. The first kappa shape index (κ1) is 13.6. The van der Waals surface area contributed by atoms with E-state index in [-0.39, 0.29) is 5.91 Å². The van der Waals surface area contributed by atoms with Crippen LogP contribution in [0.3, 0.4) is 0 Å². The molecule has 2 aromatic heterocycles. The van der Waals surface area contributed by atoms with Crippen molar-refractivity contribution in [3.05, 3.63) is 36.2 Å². The van der Waals surface area contributed by atoms with Gasteiger partial charge in [-0.05, 0) is 43.7 Å². The molecule has 0 spiro atoms. The number of hydrogen-bond donors (Lipinski definition) is 1. The van der Waals surface area contributed by atoms with Gasteiger partial charge in [-0.15, -0.1) is 0 Å². The molecule has 3 rings (SSSR count). The Morgan fingerprint density at radius 3 is 2.95 bits per heavy atom. The lowest BCUT2D eigenvalue weighted by atomic mass is 9.78. The maximum absolute atomic E-state index is 12.5. The number of pyridine rings is 1. The fourth-order valence-electron chi connectivity index (χ4n) is 2.91. The van der Waals surface area contributed by atoms with Gasteiger partial charge >= 0.3 is 0 Å². The van der Waals surface area contributed by atoms with E-state index in [0.717, 1.165) is 31.2 Å². The summed E-state index contributed by atoms with van der Waals surface area (Å²) in [6.07, 6.45) is 6.74. The predicted octanol–water partition coefficient (Wildman–Crippen LogP) is 2.54. The number of rotatable bonds is 2. The van der Waals surface area contributed by atoms with Gasteiger partial charge in [0.2, 0.25) is 0 Å². The van der Waals surface area contributed by atoms with E-state index in [2.05, 4.69) is 23.4 Å². The van der Waals surface area contributed by atoms with E-state index in [9.17, 15) is 10.1 Å². The highest BCUT2D eigenvalue weighted by Crippen LogP contribution is 2.31. The van der Waals surface area contributed by atoms with Crippen LogP contribution in [0.4, 0.5) is 0 Å². The van der Waals surface area contributed by atoms with E-state index in [1.807, 2.05) is 18.2 Å². The number of nitrogens with one attached hydrogen (secondary N) is 1. The van der Waals surface area contributed by atoms with Gasteiger partial charge in [0, 0.05) is 6.20 Å². The Morgan fingerprint density at radius 1 is 1.48 bits per heavy atom. The van der Waals surface area contributed by atoms with Gasteiger partial charge in [-0.2, -0.15) is 10.4 Å². The average molecular weight is 282 g/mol. The van der Waals surface area contributed by atoms with Crippen LogP contribution >= 0.6 is 0 Å². The number of fused-ring (bicyclic) bond motifs is 1. The van der Waals surface area contributed by atoms with Crippen molar-refractivity contribution in [2.24, 2.45) is 5.92 Å². The largest absolute Gasteiger partial charge is 0.334 e. The molecule has 1 fully saturated rings. The maximum atomic E-state index is 12.5. The molecule has 0 unspecified atom stereocenters. The third kappa shape index (κ3) is 2.49. The van der Waals surface area contributed by atoms with Crippen molar-refractivity contribution < 1.29 is 4.79 Å². The molecule has 0 bridgehead atoms. The molecule has 0 radical (unpaired) electrons. The fourth-order valence-corrected chi connectivity index (χ4v) is 2.91. The molecule has 0 atom stereocenters. The summed E-state index contributed by atoms with van der Waals surface area (Å²) in [6, 6.07) is 7.90. The van der Waals surface area contributed by atoms with Crippen LogP contribution in [-0.4, -0.2) is 21.1 Å². The highest BCUT2D eigenvalue weighted by molar-refractivity contribution is 6.01. The molecule has 1 aliphatic rings. The van der Waals surface area contributed by atoms with E-state index in [4.69, 9.17) is 0 Å². The van der Waals surface area contributed by atoms with Crippen LogP contribution in [0.25, 0.3) is 5.52 Å². The van der Waals surface area contributed by atoms with Gasteiger partial charge in [0.1, 0.15) is 5.54 Å². The zero-order valence-electron chi connectivity index (χ0n) is 12.0. The second-order valence-corrected chi connectivity index (χ2v) is 5.92. The van der Waals surface area contributed by atoms with Gasteiger partial charge in [-0.25, -0.2) is 4.52 Å². The van der Waals surface area contributed by atoms with Crippen LogP contribution in [-0.2, 0) is 0 Å². The molecule has 108 valence electrons. The first-order valence-electron chi connectivity index (χ1n) is 7.30. The van der Waals surface area contributed by atoms with E-state index >= 15 is 0 Å². The molecule has 21 heavy (non-hydrogen) atoms. The Morgan fingerprint density at radius 2 is 2.24 bits per heavy atom. The third-order valence-corrected chi connectivity index (χ3v) is 4.37. The minimum Gasteiger partial charge on any atom is -0.334 e. The lowest BCUT2D eigenvalue weighted by Crippen LogP contribution is -2.49. The molecule has 1 aliphatic carbocycles. The lowest BCUT2D eigenvalue weighted by Gasteiger charge is -2.34. The number of nitriles is 1. The number of amides is 1. The van der Waals surface area contributed by atoms with Crippen molar-refractivity contribution in [1.82, 2.24) is 14.9 Å². The SMILES string of the molecule is CC1CCC(C#N)(NC(=O)c2cnn3ccccc23)CC1. The quantitative estimate of drug-likeness (QED) is 0.920. The van der Waals surface area contributed by atoms with Crippen molar-refractivity contribution in [2.75, 3.05) is 0 Å². The summed E-state index contributed by atoms with van der Waals surface area (Å²) in [7, 11) is 0. The van der Waals surface area contributed by atoms with E-state index in [1.165, 1.54) is 0 Å². The van der Waals surface area contributed by atoms with Crippen molar-refractivity contribution in [1.29, 1.82) is 5.26 Å². The van der Waals surface area contributed by atoms with Gasteiger partial charge in [0.25, 0.3) is 5.91 Å². The Hall–Kier alpha value is -2.35. The van der Waals surface area contributed by atoms with Gasteiger partial charge in [0.15, 0.2) is 0 Å². The first-order valence-corrected chi connectivity index (χ1v) is 7.30. The third-order valence-electron chi connectivity index (χ3n) is 4.37. The van der Waals surface area contributed by atoms with Crippen LogP contribution in [0.2, 0.25) is 0 Å². The molecule has 1 amide bonds. The molecule has 2 heterocycles. The van der Waals surface area contributed by atoms with Gasteiger partial charge in [0.05, 0.1) is 23.3 Å². The normalized spacial score (nSPS) is 25.4. The smallest absolute Gasteiger partial charge is 0.256 e. The molecule has 2 aromatic rings. The van der Waals surface area contributed by atoms with Gasteiger partial charge < -0.3 is 5.32 Å². The number of carbonyl (C=O) groups is 1. The lowest BCUT2D eigenvalue weighted by molar-refractivity contribution is 0.0895. The zero-order valence-corrected chi connectivity index (χ0v) is 12.0. The van der Waals surface area contributed by atoms with Gasteiger partial charge in [-0.3, -0.25) is 4.79 Å². The standard InChI is InChI=1S/C16H18N4O/c1-12-5-7-16(11-17,8-6-12)19-15(21)13-10-18-20-9-3-2-4-14(13)20/h2-4,9-10,12H,5-8H2,1H3,(H,19,21). The molecule has 5 nitrogen and oxygen atoms in total. The zero-order chi connectivity index (χ0) is 14.9. The van der Waals surface area contributed by atoms with Crippen molar-refractivity contribution >= 4 is 11.4 Å². The Bertz CT molecular complexity index is 704. The number of aromatic nitrogens is 2. The van der Waals surface area contributed by atoms with Crippen LogP contribution in [0.1, 0.15) is 43.0 Å². The molecule has 0 aromatic carbocycles. The summed E-state index contributed by atoms with van der Waals surface area (Å²) < 4.78 is 1.66. The van der Waals surface area contributed by atoms with E-state index in [1.54, 1.807) is 16.9 Å². The second-order valence-electron chi connectivity index (χ2n) is 5.92. The van der Waals surface area contributed by atoms with Crippen LogP contribution < -0.4 is 5.32 Å². The summed E-state index contributed by atoms with van der Waals surface area (Å²) in [5.41, 5.74) is 0.545. The Labute approximate surface area is 123 Å². The summed E-state index contributed by atoms with van der Waals surface area (Å²) in [4.78, 5) is 12.5. The van der Waals surface area contributed by atoms with Crippen LogP contribution in [0.5, 0.6) is 0 Å². The summed E-state index contributed by atoms with van der Waals surface area (Å²) in [6.45, 7) is 2.19. The summed E-state index contributed by atoms with van der Waals surface area (Å²) >= 11 is 0. The molecule has 0 saturated heterocycles. The van der Waals surface area contributed by atoms with Crippen molar-refractivity contribution in [3.8, 4) is 6.07 Å². The molecule has 1 N–H and O–H groups in total. The molecule has 1 saturated carbocycles. The fraction of sp³-hybridized carbons (Fsp3) is 0.438. The van der Waals surface area contributed by atoms with E-state index < -0.39 is 5.54 Å². The Balaban J connectivity index is 1.84. The number of carbonyl (C=O) groups excluding carboxylic acids is 1. The monoisotopic (exact) mass is 282 g/mol. The van der Waals surface area contributed by atoms with Crippen LogP contribution in [0.15, 0.2) is 30.6 Å². The van der Waals surface area contributed by atoms with E-state index in [0.29, 0.717) is 11.5 Å². The highest BCUT2D eigenvalue weighted by Gasteiger charge is 2.36. The number of nitrogens with zero attached hydrogens (tertiary/aromatic N) is 3. The molecular weight excluding hydrogens is 264 g/mol. The minimum absolute atomic E-state index is 0.215. The van der Waals surface area contributed by atoms with Crippen LogP contribution in [0, 0.1) is 17.2 Å². The first-order chi connectivity index (χ1) is 10.1. The topological polar surface area (TPSA) is 70.2 Å². The highest BCUT2D eigenvalue weighted by atomic mass is 16.1. The van der Waals surface area contributed by atoms with Crippen molar-refractivity contribution in [3.63, 3.8) is 0 Å². The number of hydrogen-bond acceptors (Lipinski definition) is 3. The summed E-state index contributed by atoms with van der Waals surface area (Å²) in [5.74, 6) is 0.410.